The van der Waals surface area contributed by atoms with E-state index < -0.39 is 11.8 Å². The van der Waals surface area contributed by atoms with Gasteiger partial charge in [-0.2, -0.15) is 0 Å². The summed E-state index contributed by atoms with van der Waals surface area (Å²) in [5, 5.41) is 5.55. The highest BCUT2D eigenvalue weighted by Gasteiger charge is 2.25. The molecule has 2 aromatic rings. The van der Waals surface area contributed by atoms with Gasteiger partial charge >= 0.3 is 11.8 Å². The maximum Gasteiger partial charge on any atom is 0.309 e. The zero-order chi connectivity index (χ0) is 21.3. The van der Waals surface area contributed by atoms with Gasteiger partial charge < -0.3 is 15.5 Å². The van der Waals surface area contributed by atoms with Gasteiger partial charge in [0.15, 0.2) is 0 Å². The smallest absolute Gasteiger partial charge is 0.309 e. The molecule has 6 nitrogen and oxygen atoms in total. The van der Waals surface area contributed by atoms with E-state index in [9.17, 15) is 9.59 Å². The van der Waals surface area contributed by atoms with Crippen LogP contribution >= 0.6 is 0 Å². The molecule has 0 radical (unpaired) electrons. The highest BCUT2D eigenvalue weighted by atomic mass is 16.2. The van der Waals surface area contributed by atoms with Crippen LogP contribution in [0.25, 0.3) is 0 Å². The summed E-state index contributed by atoms with van der Waals surface area (Å²) in [5.41, 5.74) is 3.43. The first-order valence-electron chi connectivity index (χ1n) is 10.7. The second-order valence-corrected chi connectivity index (χ2v) is 7.95. The molecule has 1 heterocycles. The summed E-state index contributed by atoms with van der Waals surface area (Å²) in [6.07, 6.45) is 3.04. The molecule has 0 aromatic heterocycles. The van der Waals surface area contributed by atoms with Crippen molar-refractivity contribution >= 4 is 17.5 Å². The van der Waals surface area contributed by atoms with Crippen molar-refractivity contribution in [3.05, 3.63) is 65.7 Å². The van der Waals surface area contributed by atoms with Crippen LogP contribution in [0.15, 0.2) is 54.6 Å². The highest BCUT2D eigenvalue weighted by Crippen LogP contribution is 2.26. The minimum Gasteiger partial charge on any atom is -0.378 e. The summed E-state index contributed by atoms with van der Waals surface area (Å²) >= 11 is 0. The molecule has 1 atom stereocenters. The zero-order valence-electron chi connectivity index (χ0n) is 17.9. The topological polar surface area (TPSA) is 64.7 Å². The number of carbonyl (C=O) groups excluding carboxylic acids is 2. The molecule has 0 aliphatic carbocycles. The van der Waals surface area contributed by atoms with E-state index in [0.717, 1.165) is 29.9 Å². The summed E-state index contributed by atoms with van der Waals surface area (Å²) < 4.78 is 0. The van der Waals surface area contributed by atoms with E-state index in [4.69, 9.17) is 0 Å². The maximum atomic E-state index is 12.3. The largest absolute Gasteiger partial charge is 0.378 e. The standard InChI is InChI=1S/C24H32N4O2/c1-27(2)21-12-10-20(11-13-21)22(28-16-6-7-17-28)18-26-24(30)23(29)25-15-14-19-8-4-3-5-9-19/h3-5,8-13,22H,6-7,14-18H2,1-2H3,(H,25,29)(H,26,30)/t22-/m0/s1. The van der Waals surface area contributed by atoms with Crippen molar-refractivity contribution in [2.45, 2.75) is 25.3 Å². The van der Waals surface area contributed by atoms with Crippen LogP contribution in [0.5, 0.6) is 0 Å². The molecule has 6 heteroatoms. The first-order chi connectivity index (χ1) is 14.5. The van der Waals surface area contributed by atoms with Gasteiger partial charge in [-0.05, 0) is 55.6 Å². The Morgan fingerprint density at radius 1 is 0.933 bits per heavy atom. The van der Waals surface area contributed by atoms with Crippen LogP contribution in [-0.4, -0.2) is 57.0 Å². The third kappa shape index (κ3) is 6.07. The molecular weight excluding hydrogens is 376 g/mol. The Balaban J connectivity index is 1.53. The summed E-state index contributed by atoms with van der Waals surface area (Å²) in [5.74, 6) is -1.15. The van der Waals surface area contributed by atoms with Crippen molar-refractivity contribution in [2.75, 3.05) is 45.2 Å². The van der Waals surface area contributed by atoms with Crippen LogP contribution in [0.3, 0.4) is 0 Å². The number of nitrogens with one attached hydrogen (secondary N) is 2. The third-order valence-electron chi connectivity index (χ3n) is 5.58. The summed E-state index contributed by atoms with van der Waals surface area (Å²) in [6.45, 7) is 2.89. The fourth-order valence-corrected chi connectivity index (χ4v) is 3.82. The lowest BCUT2D eigenvalue weighted by Crippen LogP contribution is -2.44. The second-order valence-electron chi connectivity index (χ2n) is 7.95. The van der Waals surface area contributed by atoms with Gasteiger partial charge in [0, 0.05) is 32.9 Å². The molecule has 3 rings (SSSR count). The number of rotatable bonds is 8. The number of likely N-dealkylation sites (tertiary alicyclic amines) is 1. The molecule has 0 unspecified atom stereocenters. The van der Waals surface area contributed by atoms with E-state index in [1.54, 1.807) is 0 Å². The molecule has 1 saturated heterocycles. The Labute approximate surface area is 179 Å². The molecule has 1 aliphatic heterocycles. The molecular formula is C24H32N4O2. The van der Waals surface area contributed by atoms with Crippen LogP contribution in [0.2, 0.25) is 0 Å². The normalized spacial score (nSPS) is 14.9. The van der Waals surface area contributed by atoms with Crippen LogP contribution in [0.4, 0.5) is 5.69 Å². The number of anilines is 1. The Morgan fingerprint density at radius 3 is 2.20 bits per heavy atom. The monoisotopic (exact) mass is 408 g/mol. The van der Waals surface area contributed by atoms with Crippen LogP contribution in [0.1, 0.15) is 30.0 Å². The van der Waals surface area contributed by atoms with Gasteiger partial charge in [-0.3, -0.25) is 14.5 Å². The zero-order valence-corrected chi connectivity index (χ0v) is 17.9. The average Bonchev–Trinajstić information content (AvgIpc) is 3.29. The molecule has 160 valence electrons. The van der Waals surface area contributed by atoms with Crippen LogP contribution in [0, 0.1) is 0 Å². The minimum absolute atomic E-state index is 0.0739. The number of hydrogen-bond acceptors (Lipinski definition) is 4. The first kappa shape index (κ1) is 21.8. The lowest BCUT2D eigenvalue weighted by Gasteiger charge is -2.28. The molecule has 1 fully saturated rings. The second kappa shape index (κ2) is 10.8. The molecule has 1 aliphatic rings. The van der Waals surface area contributed by atoms with E-state index in [-0.39, 0.29) is 6.04 Å². The lowest BCUT2D eigenvalue weighted by molar-refractivity contribution is -0.139. The fourth-order valence-electron chi connectivity index (χ4n) is 3.82. The third-order valence-corrected chi connectivity index (χ3v) is 5.58. The average molecular weight is 409 g/mol. The summed E-state index contributed by atoms with van der Waals surface area (Å²) in [4.78, 5) is 29.0. The number of nitrogens with zero attached hydrogens (tertiary/aromatic N) is 2. The fraction of sp³-hybridized carbons (Fsp3) is 0.417. The van der Waals surface area contributed by atoms with Gasteiger partial charge in [-0.25, -0.2) is 0 Å². The van der Waals surface area contributed by atoms with Gasteiger partial charge in [0.1, 0.15) is 0 Å². The Morgan fingerprint density at radius 2 is 1.57 bits per heavy atom. The molecule has 2 N–H and O–H groups in total. The van der Waals surface area contributed by atoms with Gasteiger partial charge in [-0.15, -0.1) is 0 Å². The predicted molar refractivity (Wildman–Crippen MR) is 120 cm³/mol. The summed E-state index contributed by atoms with van der Waals surface area (Å²) in [6, 6.07) is 18.4. The number of carbonyl (C=O) groups is 2. The van der Waals surface area contributed by atoms with E-state index in [1.807, 2.05) is 44.4 Å². The summed E-state index contributed by atoms with van der Waals surface area (Å²) in [7, 11) is 4.03. The van der Waals surface area contributed by atoms with Crippen LogP contribution < -0.4 is 15.5 Å². The molecule has 30 heavy (non-hydrogen) atoms. The quantitative estimate of drug-likeness (QED) is 0.658. The maximum absolute atomic E-state index is 12.3. The van der Waals surface area contributed by atoms with Gasteiger partial charge in [-0.1, -0.05) is 42.5 Å². The highest BCUT2D eigenvalue weighted by molar-refractivity contribution is 6.35. The number of hydrogen-bond donors (Lipinski definition) is 2. The van der Waals surface area contributed by atoms with E-state index in [1.165, 1.54) is 12.8 Å². The van der Waals surface area contributed by atoms with Crippen molar-refractivity contribution in [1.82, 2.24) is 15.5 Å². The Hall–Kier alpha value is -2.86. The SMILES string of the molecule is CN(C)c1ccc([C@H](CNC(=O)C(=O)NCCc2ccccc2)N2CCCC2)cc1. The molecule has 0 saturated carbocycles. The van der Waals surface area contributed by atoms with Crippen molar-refractivity contribution < 1.29 is 9.59 Å². The van der Waals surface area contributed by atoms with Crippen molar-refractivity contribution in [2.24, 2.45) is 0 Å². The minimum atomic E-state index is -0.575. The Bertz CT molecular complexity index is 815. The van der Waals surface area contributed by atoms with Crippen molar-refractivity contribution in [1.29, 1.82) is 0 Å². The molecule has 2 aromatic carbocycles. The van der Waals surface area contributed by atoms with Crippen LogP contribution in [-0.2, 0) is 16.0 Å². The molecule has 0 bridgehead atoms. The van der Waals surface area contributed by atoms with E-state index >= 15 is 0 Å². The number of benzene rings is 2. The van der Waals surface area contributed by atoms with Gasteiger partial charge in [0.25, 0.3) is 0 Å². The molecule has 2 amide bonds. The first-order valence-corrected chi connectivity index (χ1v) is 10.7. The molecule has 0 spiro atoms. The lowest BCUT2D eigenvalue weighted by atomic mass is 10.0. The van der Waals surface area contributed by atoms with E-state index in [2.05, 4.69) is 44.7 Å². The van der Waals surface area contributed by atoms with Gasteiger partial charge in [0.05, 0.1) is 6.04 Å². The van der Waals surface area contributed by atoms with Gasteiger partial charge in [0.2, 0.25) is 0 Å². The van der Waals surface area contributed by atoms with Crippen molar-refractivity contribution in [3.8, 4) is 0 Å². The number of amides is 2. The van der Waals surface area contributed by atoms with Crippen molar-refractivity contribution in [3.63, 3.8) is 0 Å². The Kier molecular flexibility index (Phi) is 7.85. The predicted octanol–water partition coefficient (Wildman–Crippen LogP) is 2.36. The van der Waals surface area contributed by atoms with E-state index in [0.29, 0.717) is 19.5 Å².